The molecule has 0 aliphatic carbocycles. The Morgan fingerprint density at radius 1 is 1.50 bits per heavy atom. The maximum atomic E-state index is 4.31. The lowest BCUT2D eigenvalue weighted by molar-refractivity contribution is -0.692. The molecular formula is C11H14N3+. The molecular weight excluding hydrogens is 174 g/mol. The van der Waals surface area contributed by atoms with Gasteiger partial charge in [0.05, 0.1) is 6.54 Å². The van der Waals surface area contributed by atoms with E-state index < -0.39 is 0 Å². The molecule has 0 saturated heterocycles. The molecule has 2 rings (SSSR count). The normalized spacial score (nSPS) is 10.4. The summed E-state index contributed by atoms with van der Waals surface area (Å²) in [6, 6.07) is 4.07. The molecule has 2 aromatic rings. The van der Waals surface area contributed by atoms with Gasteiger partial charge in [-0.05, 0) is 25.5 Å². The van der Waals surface area contributed by atoms with Crippen LogP contribution in [0.3, 0.4) is 0 Å². The fraction of sp³-hybridized carbons (Fsp3) is 0.273. The molecule has 0 spiro atoms. The predicted octanol–water partition coefficient (Wildman–Crippen LogP) is 1.49. The van der Waals surface area contributed by atoms with Crippen LogP contribution >= 0.6 is 0 Å². The van der Waals surface area contributed by atoms with E-state index in [1.165, 1.54) is 5.56 Å². The maximum Gasteiger partial charge on any atom is 0.250 e. The first kappa shape index (κ1) is 8.94. The quantitative estimate of drug-likeness (QED) is 0.654. The summed E-state index contributed by atoms with van der Waals surface area (Å²) in [5.41, 5.74) is 1.23. The second-order valence-electron chi connectivity index (χ2n) is 3.34. The molecule has 3 heteroatoms. The SMILES string of the molecule is CC[n+]1ccn(-c2cc(C)ccn2)c1. The van der Waals surface area contributed by atoms with E-state index in [0.29, 0.717) is 0 Å². The van der Waals surface area contributed by atoms with E-state index in [4.69, 9.17) is 0 Å². The van der Waals surface area contributed by atoms with Crippen molar-refractivity contribution in [3.63, 3.8) is 0 Å². The zero-order valence-corrected chi connectivity index (χ0v) is 8.51. The van der Waals surface area contributed by atoms with E-state index in [1.54, 1.807) is 0 Å². The van der Waals surface area contributed by atoms with E-state index in [9.17, 15) is 0 Å². The molecule has 2 aromatic heterocycles. The Balaban J connectivity index is 2.39. The zero-order valence-electron chi connectivity index (χ0n) is 8.51. The van der Waals surface area contributed by atoms with Gasteiger partial charge in [-0.2, -0.15) is 4.57 Å². The van der Waals surface area contributed by atoms with Gasteiger partial charge in [-0.3, -0.25) is 0 Å². The minimum absolute atomic E-state index is 0.970. The second-order valence-corrected chi connectivity index (χ2v) is 3.34. The van der Waals surface area contributed by atoms with Crippen LogP contribution in [0, 0.1) is 6.92 Å². The smallest absolute Gasteiger partial charge is 0.237 e. The number of hydrogen-bond donors (Lipinski definition) is 0. The van der Waals surface area contributed by atoms with Crippen molar-refractivity contribution in [2.75, 3.05) is 0 Å². The monoisotopic (exact) mass is 188 g/mol. The highest BCUT2D eigenvalue weighted by Gasteiger charge is 2.05. The molecule has 0 radical (unpaired) electrons. The summed E-state index contributed by atoms with van der Waals surface area (Å²) in [5.74, 6) is 0.970. The van der Waals surface area contributed by atoms with Gasteiger partial charge in [0.1, 0.15) is 12.4 Å². The molecule has 0 aliphatic heterocycles. The van der Waals surface area contributed by atoms with Crippen molar-refractivity contribution in [1.82, 2.24) is 9.55 Å². The topological polar surface area (TPSA) is 21.7 Å². The van der Waals surface area contributed by atoms with Crippen molar-refractivity contribution in [1.29, 1.82) is 0 Å². The Morgan fingerprint density at radius 2 is 2.36 bits per heavy atom. The van der Waals surface area contributed by atoms with Gasteiger partial charge in [0, 0.05) is 12.3 Å². The Hall–Kier alpha value is -1.64. The number of aromatic nitrogens is 3. The number of nitrogens with zero attached hydrogens (tertiary/aromatic N) is 3. The predicted molar refractivity (Wildman–Crippen MR) is 54.2 cm³/mol. The summed E-state index contributed by atoms with van der Waals surface area (Å²) in [4.78, 5) is 4.31. The fourth-order valence-corrected chi connectivity index (χ4v) is 1.38. The number of hydrogen-bond acceptors (Lipinski definition) is 1. The molecule has 14 heavy (non-hydrogen) atoms. The van der Waals surface area contributed by atoms with Crippen molar-refractivity contribution in [3.8, 4) is 5.82 Å². The number of imidazole rings is 1. The highest BCUT2D eigenvalue weighted by molar-refractivity contribution is 5.26. The standard InChI is InChI=1S/C11H14N3/c1-3-13-6-7-14(9-13)11-8-10(2)4-5-12-11/h4-9H,3H2,1-2H3/q+1. The van der Waals surface area contributed by atoms with Gasteiger partial charge in [-0.1, -0.05) is 0 Å². The van der Waals surface area contributed by atoms with E-state index in [2.05, 4.69) is 29.5 Å². The lowest BCUT2D eigenvalue weighted by Gasteiger charge is -1.95. The molecule has 2 heterocycles. The molecule has 0 N–H and O–H groups in total. The molecule has 3 nitrogen and oxygen atoms in total. The van der Waals surface area contributed by atoms with Gasteiger partial charge >= 0.3 is 0 Å². The molecule has 0 fully saturated rings. The van der Waals surface area contributed by atoms with Crippen LogP contribution in [0.5, 0.6) is 0 Å². The van der Waals surface area contributed by atoms with Gasteiger partial charge in [-0.25, -0.2) is 9.55 Å². The van der Waals surface area contributed by atoms with Crippen LogP contribution in [-0.2, 0) is 6.54 Å². The van der Waals surface area contributed by atoms with Gasteiger partial charge in [0.15, 0.2) is 0 Å². The first-order chi connectivity index (χ1) is 6.79. The molecule has 0 aromatic carbocycles. The summed E-state index contributed by atoms with van der Waals surface area (Å²) in [7, 11) is 0. The van der Waals surface area contributed by atoms with Crippen molar-refractivity contribution in [3.05, 3.63) is 42.6 Å². The van der Waals surface area contributed by atoms with Crippen LogP contribution in [0.2, 0.25) is 0 Å². The molecule has 0 unspecified atom stereocenters. The van der Waals surface area contributed by atoms with Gasteiger partial charge in [-0.15, -0.1) is 0 Å². The molecule has 0 aliphatic rings. The second kappa shape index (κ2) is 3.62. The Morgan fingerprint density at radius 3 is 3.00 bits per heavy atom. The van der Waals surface area contributed by atoms with Crippen LogP contribution in [0.4, 0.5) is 0 Å². The van der Waals surface area contributed by atoms with Crippen LogP contribution < -0.4 is 4.57 Å². The van der Waals surface area contributed by atoms with Gasteiger partial charge < -0.3 is 0 Å². The fourth-order valence-electron chi connectivity index (χ4n) is 1.38. The minimum atomic E-state index is 0.970. The molecule has 0 atom stereocenters. The highest BCUT2D eigenvalue weighted by Crippen LogP contribution is 2.04. The average Bonchev–Trinajstić information content (AvgIpc) is 2.66. The van der Waals surface area contributed by atoms with E-state index in [1.807, 2.05) is 35.6 Å². The van der Waals surface area contributed by atoms with Crippen molar-refractivity contribution in [2.24, 2.45) is 0 Å². The summed E-state index contributed by atoms with van der Waals surface area (Å²) in [5, 5.41) is 0. The average molecular weight is 188 g/mol. The van der Waals surface area contributed by atoms with E-state index in [-0.39, 0.29) is 0 Å². The minimum Gasteiger partial charge on any atom is -0.237 e. The van der Waals surface area contributed by atoms with Crippen molar-refractivity contribution < 1.29 is 4.57 Å². The molecule has 0 bridgehead atoms. The summed E-state index contributed by atoms with van der Waals surface area (Å²) < 4.78 is 4.14. The first-order valence-corrected chi connectivity index (χ1v) is 4.79. The molecule has 0 saturated carbocycles. The zero-order chi connectivity index (χ0) is 9.97. The summed E-state index contributed by atoms with van der Waals surface area (Å²) in [6.45, 7) is 5.18. The number of rotatable bonds is 2. The van der Waals surface area contributed by atoms with E-state index in [0.717, 1.165) is 12.4 Å². The number of aryl methyl sites for hydroxylation is 2. The third kappa shape index (κ3) is 1.66. The molecule has 0 amide bonds. The summed E-state index contributed by atoms with van der Waals surface area (Å²) in [6.07, 6.45) is 7.94. The third-order valence-corrected chi connectivity index (χ3v) is 2.22. The van der Waals surface area contributed by atoms with Crippen molar-refractivity contribution in [2.45, 2.75) is 20.4 Å². The Labute approximate surface area is 83.7 Å². The van der Waals surface area contributed by atoms with Crippen LogP contribution in [0.15, 0.2) is 37.1 Å². The third-order valence-electron chi connectivity index (χ3n) is 2.22. The van der Waals surface area contributed by atoms with Crippen LogP contribution in [0.1, 0.15) is 12.5 Å². The van der Waals surface area contributed by atoms with E-state index >= 15 is 0 Å². The van der Waals surface area contributed by atoms with Crippen LogP contribution in [0.25, 0.3) is 5.82 Å². The summed E-state index contributed by atoms with van der Waals surface area (Å²) >= 11 is 0. The Bertz CT molecular complexity index is 432. The lowest BCUT2D eigenvalue weighted by Crippen LogP contribution is -2.28. The maximum absolute atomic E-state index is 4.31. The Kier molecular flexibility index (Phi) is 2.31. The van der Waals surface area contributed by atoms with Gasteiger partial charge in [0.25, 0.3) is 0 Å². The van der Waals surface area contributed by atoms with Gasteiger partial charge in [0.2, 0.25) is 12.1 Å². The van der Waals surface area contributed by atoms with Crippen molar-refractivity contribution >= 4 is 0 Å². The number of pyridine rings is 1. The van der Waals surface area contributed by atoms with Crippen LogP contribution in [-0.4, -0.2) is 9.55 Å². The molecule has 72 valence electrons. The largest absolute Gasteiger partial charge is 0.250 e. The first-order valence-electron chi connectivity index (χ1n) is 4.79. The highest BCUT2D eigenvalue weighted by atomic mass is 15.1. The lowest BCUT2D eigenvalue weighted by atomic mass is 10.3.